The number of esters is 1. The summed E-state index contributed by atoms with van der Waals surface area (Å²) in [5.74, 6) is 0.0163. The van der Waals surface area contributed by atoms with Gasteiger partial charge in [-0.1, -0.05) is 29.8 Å². The first-order valence-electron chi connectivity index (χ1n) is 7.94. The molecular formula is C19H19BrClNO5. The van der Waals surface area contributed by atoms with E-state index in [-0.39, 0.29) is 6.42 Å². The second-order valence-corrected chi connectivity index (χ2v) is 6.72. The molecule has 0 radical (unpaired) electrons. The van der Waals surface area contributed by atoms with Crippen molar-refractivity contribution in [2.75, 3.05) is 21.3 Å². The van der Waals surface area contributed by atoms with Gasteiger partial charge in [0.2, 0.25) is 0 Å². The predicted molar refractivity (Wildman–Crippen MR) is 106 cm³/mol. The first-order chi connectivity index (χ1) is 12.9. The van der Waals surface area contributed by atoms with E-state index in [1.54, 1.807) is 36.4 Å². The van der Waals surface area contributed by atoms with E-state index < -0.39 is 17.9 Å². The molecule has 0 aliphatic carbocycles. The second kappa shape index (κ2) is 9.62. The van der Waals surface area contributed by atoms with Crippen LogP contribution in [0.2, 0.25) is 5.02 Å². The molecule has 0 aliphatic rings. The molecule has 1 unspecified atom stereocenters. The molecule has 6 nitrogen and oxygen atoms in total. The summed E-state index contributed by atoms with van der Waals surface area (Å²) in [5.41, 5.74) is 0.933. The third-order valence-electron chi connectivity index (χ3n) is 3.89. The zero-order valence-electron chi connectivity index (χ0n) is 15.0. The van der Waals surface area contributed by atoms with Crippen LogP contribution in [-0.2, 0) is 9.53 Å². The lowest BCUT2D eigenvalue weighted by Gasteiger charge is -2.20. The normalized spacial score (nSPS) is 11.4. The van der Waals surface area contributed by atoms with Crippen molar-refractivity contribution in [3.05, 3.63) is 57.0 Å². The average Bonchev–Trinajstić information content (AvgIpc) is 2.67. The Morgan fingerprint density at radius 2 is 1.70 bits per heavy atom. The molecule has 2 rings (SSSR count). The molecule has 0 aromatic heterocycles. The van der Waals surface area contributed by atoms with E-state index in [2.05, 4.69) is 21.2 Å². The van der Waals surface area contributed by atoms with E-state index in [1.807, 2.05) is 0 Å². The number of benzene rings is 2. The largest absolute Gasteiger partial charge is 0.495 e. The number of methoxy groups -OCH3 is 3. The van der Waals surface area contributed by atoms with E-state index in [1.165, 1.54) is 21.3 Å². The van der Waals surface area contributed by atoms with E-state index in [4.69, 9.17) is 25.8 Å². The Hall–Kier alpha value is -2.25. The molecular weight excluding hydrogens is 438 g/mol. The number of halogens is 2. The van der Waals surface area contributed by atoms with Crippen LogP contribution < -0.4 is 14.8 Å². The molecule has 8 heteroatoms. The summed E-state index contributed by atoms with van der Waals surface area (Å²) in [7, 11) is 4.27. The number of hydrogen-bond acceptors (Lipinski definition) is 5. The predicted octanol–water partition coefficient (Wildman–Crippen LogP) is 4.15. The minimum absolute atomic E-state index is 0.0588. The Kier molecular flexibility index (Phi) is 7.50. The molecule has 0 fully saturated rings. The molecule has 0 heterocycles. The van der Waals surface area contributed by atoms with Crippen LogP contribution in [0.5, 0.6) is 11.5 Å². The quantitative estimate of drug-likeness (QED) is 0.634. The molecule has 144 valence electrons. The van der Waals surface area contributed by atoms with Gasteiger partial charge in [-0.15, -0.1) is 0 Å². The van der Waals surface area contributed by atoms with Gasteiger partial charge in [-0.3, -0.25) is 9.59 Å². The van der Waals surface area contributed by atoms with Gasteiger partial charge in [-0.25, -0.2) is 0 Å². The van der Waals surface area contributed by atoms with Crippen molar-refractivity contribution in [3.63, 3.8) is 0 Å². The molecule has 0 aliphatic heterocycles. The minimum Gasteiger partial charge on any atom is -0.495 e. The van der Waals surface area contributed by atoms with E-state index in [9.17, 15) is 9.59 Å². The Morgan fingerprint density at radius 1 is 1.11 bits per heavy atom. The standard InChI is InChI=1S/C19H19BrClNO5/c1-25-15-8-11(9-16(26-2)18(15)20)19(24)22-14(10-17(23)27-3)12-6-4-5-7-13(12)21/h4-9,14H,10H2,1-3H3,(H,22,24). The summed E-state index contributed by atoms with van der Waals surface area (Å²) in [4.78, 5) is 24.6. The topological polar surface area (TPSA) is 73.9 Å². The van der Waals surface area contributed by atoms with Gasteiger partial charge < -0.3 is 19.5 Å². The summed E-state index contributed by atoms with van der Waals surface area (Å²) in [6.07, 6.45) is -0.0588. The van der Waals surface area contributed by atoms with Crippen LogP contribution in [0.1, 0.15) is 28.4 Å². The molecule has 1 N–H and O–H groups in total. The van der Waals surface area contributed by atoms with Crippen LogP contribution in [0.25, 0.3) is 0 Å². The molecule has 2 aromatic rings. The van der Waals surface area contributed by atoms with Crippen molar-refractivity contribution < 1.29 is 23.8 Å². The first kappa shape index (κ1) is 21.1. The van der Waals surface area contributed by atoms with Crippen LogP contribution in [-0.4, -0.2) is 33.2 Å². The fourth-order valence-electron chi connectivity index (χ4n) is 2.49. The zero-order chi connectivity index (χ0) is 20.0. The van der Waals surface area contributed by atoms with Gasteiger partial charge in [0.25, 0.3) is 5.91 Å². The van der Waals surface area contributed by atoms with Gasteiger partial charge in [0.05, 0.1) is 33.8 Å². The van der Waals surface area contributed by atoms with Crippen LogP contribution in [0, 0.1) is 0 Å². The lowest BCUT2D eigenvalue weighted by atomic mass is 10.0. The lowest BCUT2D eigenvalue weighted by Crippen LogP contribution is -2.30. The van der Waals surface area contributed by atoms with Gasteiger partial charge in [-0.05, 0) is 39.7 Å². The molecule has 0 saturated heterocycles. The SMILES string of the molecule is COC(=O)CC(NC(=O)c1cc(OC)c(Br)c(OC)c1)c1ccccc1Cl. The fraction of sp³-hybridized carbons (Fsp3) is 0.263. The van der Waals surface area contributed by atoms with Crippen LogP contribution in [0.3, 0.4) is 0 Å². The Balaban J connectivity index is 2.36. The Labute approximate surface area is 170 Å². The van der Waals surface area contributed by atoms with Crippen molar-refractivity contribution in [2.24, 2.45) is 0 Å². The fourth-order valence-corrected chi connectivity index (χ4v) is 3.31. The Morgan fingerprint density at radius 3 is 2.22 bits per heavy atom. The number of ether oxygens (including phenoxy) is 3. The average molecular weight is 457 g/mol. The van der Waals surface area contributed by atoms with E-state index >= 15 is 0 Å². The van der Waals surface area contributed by atoms with E-state index in [0.29, 0.717) is 32.1 Å². The van der Waals surface area contributed by atoms with Gasteiger partial charge in [0.1, 0.15) is 16.0 Å². The highest BCUT2D eigenvalue weighted by molar-refractivity contribution is 9.10. The summed E-state index contributed by atoms with van der Waals surface area (Å²) in [5, 5.41) is 3.27. The van der Waals surface area contributed by atoms with Crippen molar-refractivity contribution in [1.82, 2.24) is 5.32 Å². The summed E-state index contributed by atoms with van der Waals surface area (Å²) in [6, 6.07) is 9.49. The molecule has 0 saturated carbocycles. The van der Waals surface area contributed by atoms with Crippen molar-refractivity contribution in [2.45, 2.75) is 12.5 Å². The monoisotopic (exact) mass is 455 g/mol. The molecule has 0 spiro atoms. The minimum atomic E-state index is -0.653. The number of carbonyl (C=O) groups excluding carboxylic acids is 2. The maximum Gasteiger partial charge on any atom is 0.307 e. The number of rotatable bonds is 7. The number of nitrogens with one attached hydrogen (secondary N) is 1. The van der Waals surface area contributed by atoms with Crippen molar-refractivity contribution in [1.29, 1.82) is 0 Å². The zero-order valence-corrected chi connectivity index (χ0v) is 17.4. The Bertz CT molecular complexity index is 818. The molecule has 1 amide bonds. The second-order valence-electron chi connectivity index (χ2n) is 5.52. The maximum atomic E-state index is 12.8. The van der Waals surface area contributed by atoms with Crippen LogP contribution in [0.4, 0.5) is 0 Å². The summed E-state index contributed by atoms with van der Waals surface area (Å²) < 4.78 is 15.9. The summed E-state index contributed by atoms with van der Waals surface area (Å²) in [6.45, 7) is 0. The smallest absolute Gasteiger partial charge is 0.307 e. The molecule has 2 aromatic carbocycles. The molecule has 27 heavy (non-hydrogen) atoms. The van der Waals surface area contributed by atoms with Crippen molar-refractivity contribution >= 4 is 39.4 Å². The van der Waals surface area contributed by atoms with Crippen molar-refractivity contribution in [3.8, 4) is 11.5 Å². The van der Waals surface area contributed by atoms with Gasteiger partial charge in [-0.2, -0.15) is 0 Å². The first-order valence-corrected chi connectivity index (χ1v) is 9.12. The third kappa shape index (κ3) is 5.14. The number of hydrogen-bond donors (Lipinski definition) is 1. The maximum absolute atomic E-state index is 12.8. The highest BCUT2D eigenvalue weighted by Crippen LogP contribution is 2.36. The molecule has 1 atom stereocenters. The van der Waals surface area contributed by atoms with Crippen LogP contribution in [0.15, 0.2) is 40.9 Å². The van der Waals surface area contributed by atoms with Gasteiger partial charge in [0, 0.05) is 10.6 Å². The lowest BCUT2D eigenvalue weighted by molar-refractivity contribution is -0.141. The molecule has 0 bridgehead atoms. The van der Waals surface area contributed by atoms with Gasteiger partial charge in [0.15, 0.2) is 0 Å². The highest BCUT2D eigenvalue weighted by atomic mass is 79.9. The summed E-state index contributed by atoms with van der Waals surface area (Å²) >= 11 is 9.61. The third-order valence-corrected chi connectivity index (χ3v) is 5.02. The van der Waals surface area contributed by atoms with E-state index in [0.717, 1.165) is 0 Å². The van der Waals surface area contributed by atoms with Crippen LogP contribution >= 0.6 is 27.5 Å². The highest BCUT2D eigenvalue weighted by Gasteiger charge is 2.23. The van der Waals surface area contributed by atoms with Gasteiger partial charge >= 0.3 is 5.97 Å². The number of amides is 1. The number of carbonyl (C=O) groups is 2.